The van der Waals surface area contributed by atoms with Gasteiger partial charge in [0.25, 0.3) is 20.2 Å². The third-order valence-corrected chi connectivity index (χ3v) is 16.7. The molecule has 2 aliphatic heterocycles. The molecule has 0 unspecified atom stereocenters. The Morgan fingerprint density at radius 2 is 1.50 bits per heavy atom. The highest BCUT2D eigenvalue weighted by Gasteiger charge is 2.44. The summed E-state index contributed by atoms with van der Waals surface area (Å²) in [6.07, 6.45) is 13.8. The molecule has 0 atom stereocenters. The number of para-hydroxylation sites is 2. The molecule has 0 radical (unpaired) electrons. The Bertz CT molecular complexity index is 2730. The summed E-state index contributed by atoms with van der Waals surface area (Å²) in [5.41, 5.74) is 10.3. The monoisotopic (exact) mass is 929 g/mol. The molecule has 15 heteroatoms. The van der Waals surface area contributed by atoms with Crippen molar-refractivity contribution in [2.24, 2.45) is 0 Å². The van der Waals surface area contributed by atoms with Crippen LogP contribution in [0.25, 0.3) is 6.08 Å². The summed E-state index contributed by atoms with van der Waals surface area (Å²) >= 11 is 4.86. The number of thioether (sulfide) groups is 2. The molecule has 62 heavy (non-hydrogen) atoms. The summed E-state index contributed by atoms with van der Waals surface area (Å²) in [4.78, 5) is 3.29. The van der Waals surface area contributed by atoms with E-state index in [1.807, 2.05) is 30.3 Å². The van der Waals surface area contributed by atoms with Gasteiger partial charge in [0, 0.05) is 58.1 Å². The summed E-state index contributed by atoms with van der Waals surface area (Å²) in [7, 11) is -8.21. The number of aromatic nitrogens is 2. The standard InChI is InChI=1S/C47H52N4O6S5/c1-6-33-20-22-34(23-21-33)32-58-44-48-49-45(60-44)59-43-35(24-26-41-46(2,3)37-16-7-9-18-39(37)50(41)28-12-30-61(52,53)54)14-11-15-36(43)25-27-42-47(4,5)38-17-8-10-19-40(38)51(42)29-13-31-62(55,56)57/h6-10,16-27H,1,11-15,28-32H2,2-5H3,(H-,52,53,54,55,56,57)/p+1. The van der Waals surface area contributed by atoms with Crippen LogP contribution in [0.4, 0.5) is 11.4 Å². The summed E-state index contributed by atoms with van der Waals surface area (Å²) in [6.45, 7) is 13.5. The van der Waals surface area contributed by atoms with Crippen LogP contribution in [0.3, 0.4) is 0 Å². The first kappa shape index (κ1) is 45.9. The van der Waals surface area contributed by atoms with Gasteiger partial charge < -0.3 is 4.90 Å². The van der Waals surface area contributed by atoms with E-state index >= 15 is 0 Å². The van der Waals surface area contributed by atoms with Gasteiger partial charge in [0.15, 0.2) is 14.4 Å². The summed E-state index contributed by atoms with van der Waals surface area (Å²) in [5, 5.41) is 9.24. The fourth-order valence-corrected chi connectivity index (χ4v) is 12.8. The van der Waals surface area contributed by atoms with Gasteiger partial charge in [0.05, 0.1) is 16.9 Å². The summed E-state index contributed by atoms with van der Waals surface area (Å²) < 4.78 is 69.9. The minimum atomic E-state index is -4.11. The first-order valence-corrected chi connectivity index (χ1v) is 26.5. The largest absolute Gasteiger partial charge is 0.344 e. The predicted molar refractivity (Wildman–Crippen MR) is 256 cm³/mol. The Balaban J connectivity index is 1.27. The average Bonchev–Trinajstić information content (AvgIpc) is 3.83. The van der Waals surface area contributed by atoms with Gasteiger partial charge in [-0.05, 0) is 79.5 Å². The molecule has 3 aromatic carbocycles. The highest BCUT2D eigenvalue weighted by atomic mass is 32.2. The van der Waals surface area contributed by atoms with Gasteiger partial charge in [-0.3, -0.25) is 9.11 Å². The van der Waals surface area contributed by atoms with E-state index < -0.39 is 20.2 Å². The minimum absolute atomic E-state index is 0.274. The second-order valence-electron chi connectivity index (χ2n) is 16.7. The van der Waals surface area contributed by atoms with Crippen molar-refractivity contribution >= 4 is 78.3 Å². The summed E-state index contributed by atoms with van der Waals surface area (Å²) in [6, 6.07) is 24.8. The predicted octanol–water partition coefficient (Wildman–Crippen LogP) is 10.8. The second-order valence-corrected chi connectivity index (χ2v) is 23.3. The molecule has 1 aliphatic carbocycles. The molecule has 4 aromatic rings. The topological polar surface area (TPSA) is 141 Å². The Hall–Kier alpha value is -4.09. The van der Waals surface area contributed by atoms with Crippen molar-refractivity contribution in [3.63, 3.8) is 0 Å². The van der Waals surface area contributed by atoms with Gasteiger partial charge in [-0.15, -0.1) is 10.2 Å². The molecule has 7 rings (SSSR count). The maximum atomic E-state index is 11.7. The first-order chi connectivity index (χ1) is 29.4. The SMILES string of the molecule is C=Cc1ccc(CSc2nnc(SC3=C(/C=C/C4=[N+](CCCS(=O)(=O)O)c5ccccc5C4(C)C)CCC/C3=C\C=C3\N(CCCS(=O)(=O)O)c4ccccc4C3(C)C)s2)cc1. The van der Waals surface area contributed by atoms with Gasteiger partial charge in [-0.1, -0.05) is 134 Å². The van der Waals surface area contributed by atoms with Gasteiger partial charge in [0.1, 0.15) is 6.54 Å². The van der Waals surface area contributed by atoms with Crippen molar-refractivity contribution < 1.29 is 30.5 Å². The Morgan fingerprint density at radius 3 is 2.23 bits per heavy atom. The van der Waals surface area contributed by atoms with E-state index in [2.05, 4.69) is 127 Å². The zero-order chi connectivity index (χ0) is 44.3. The van der Waals surface area contributed by atoms with Crippen LogP contribution < -0.4 is 4.90 Å². The second kappa shape index (κ2) is 18.9. The lowest BCUT2D eigenvalue weighted by molar-refractivity contribution is -0.437. The van der Waals surface area contributed by atoms with Gasteiger partial charge in [0.2, 0.25) is 5.69 Å². The highest BCUT2D eigenvalue weighted by molar-refractivity contribution is 8.05. The van der Waals surface area contributed by atoms with E-state index in [4.69, 9.17) is 0 Å². The van der Waals surface area contributed by atoms with Gasteiger partial charge >= 0.3 is 0 Å². The number of rotatable bonds is 17. The molecule has 0 fully saturated rings. The van der Waals surface area contributed by atoms with E-state index in [-0.39, 0.29) is 35.2 Å². The van der Waals surface area contributed by atoms with Crippen LogP contribution in [0, 0.1) is 0 Å². The number of anilines is 1. The van der Waals surface area contributed by atoms with Crippen molar-refractivity contribution in [3.05, 3.63) is 148 Å². The molecule has 10 nitrogen and oxygen atoms in total. The molecule has 3 aliphatic rings. The molecule has 0 amide bonds. The molecular weight excluding hydrogens is 877 g/mol. The minimum Gasteiger partial charge on any atom is -0.344 e. The van der Waals surface area contributed by atoms with E-state index in [1.165, 1.54) is 5.56 Å². The third kappa shape index (κ3) is 10.6. The fraction of sp³-hybridized carbons (Fsp3) is 0.340. The van der Waals surface area contributed by atoms with Crippen molar-refractivity contribution in [3.8, 4) is 0 Å². The number of nitrogens with zero attached hydrogens (tertiary/aromatic N) is 4. The number of benzene rings is 3. The van der Waals surface area contributed by atoms with Crippen LogP contribution >= 0.6 is 34.9 Å². The molecule has 1 aromatic heterocycles. The highest BCUT2D eigenvalue weighted by Crippen LogP contribution is 2.49. The van der Waals surface area contributed by atoms with Crippen LogP contribution in [0.2, 0.25) is 0 Å². The first-order valence-electron chi connectivity index (χ1n) is 20.6. The molecule has 2 N–H and O–H groups in total. The van der Waals surface area contributed by atoms with E-state index in [0.29, 0.717) is 13.1 Å². The number of fused-ring (bicyclic) bond motifs is 2. The van der Waals surface area contributed by atoms with Crippen molar-refractivity contribution in [2.75, 3.05) is 29.5 Å². The van der Waals surface area contributed by atoms with Crippen LogP contribution in [0.1, 0.15) is 82.1 Å². The third-order valence-electron chi connectivity index (χ3n) is 11.7. The van der Waals surface area contributed by atoms with E-state index in [1.54, 1.807) is 34.9 Å². The molecule has 0 saturated heterocycles. The van der Waals surface area contributed by atoms with Gasteiger partial charge in [-0.2, -0.15) is 21.4 Å². The van der Waals surface area contributed by atoms with Crippen LogP contribution in [-0.4, -0.2) is 71.0 Å². The van der Waals surface area contributed by atoms with Crippen molar-refractivity contribution in [1.29, 1.82) is 0 Å². The lowest BCUT2D eigenvalue weighted by Gasteiger charge is -2.27. The van der Waals surface area contributed by atoms with Crippen molar-refractivity contribution in [1.82, 2.24) is 10.2 Å². The molecule has 0 spiro atoms. The number of hydrogen-bond donors (Lipinski definition) is 2. The van der Waals surface area contributed by atoms with E-state index in [9.17, 15) is 25.9 Å². The van der Waals surface area contributed by atoms with Crippen LogP contribution in [-0.2, 0) is 36.8 Å². The van der Waals surface area contributed by atoms with Crippen LogP contribution in [0.5, 0.6) is 0 Å². The van der Waals surface area contributed by atoms with Crippen molar-refractivity contribution in [2.45, 2.75) is 85.1 Å². The maximum Gasteiger partial charge on any atom is 0.265 e. The Labute approximate surface area is 378 Å². The molecule has 0 saturated carbocycles. The molecule has 0 bridgehead atoms. The zero-order valence-electron chi connectivity index (χ0n) is 35.5. The smallest absolute Gasteiger partial charge is 0.265 e. The molecule has 3 heterocycles. The zero-order valence-corrected chi connectivity index (χ0v) is 39.5. The van der Waals surface area contributed by atoms with Crippen LogP contribution in [0.15, 0.2) is 134 Å². The van der Waals surface area contributed by atoms with E-state index in [0.717, 1.165) is 89.2 Å². The number of hydrogen-bond acceptors (Lipinski definition) is 10. The number of allylic oxidation sites excluding steroid dienone is 7. The lowest BCUT2D eigenvalue weighted by atomic mass is 9.81. The molecular formula is C47H53N4O6S5+. The Morgan fingerprint density at radius 1 is 0.823 bits per heavy atom. The average molecular weight is 930 g/mol. The fourth-order valence-electron chi connectivity index (χ4n) is 8.56. The quantitative estimate of drug-likeness (QED) is 0.0594. The Kier molecular flexibility index (Phi) is 14.0. The van der Waals surface area contributed by atoms with Gasteiger partial charge in [-0.25, -0.2) is 0 Å². The lowest BCUT2D eigenvalue weighted by Crippen LogP contribution is -2.28. The summed E-state index contributed by atoms with van der Waals surface area (Å²) in [5.74, 6) is 0.132. The molecule has 326 valence electrons. The maximum absolute atomic E-state index is 11.7. The normalized spacial score (nSPS) is 18.6.